The lowest BCUT2D eigenvalue weighted by Gasteiger charge is -2.31. The van der Waals surface area contributed by atoms with Crippen LogP contribution in [0.2, 0.25) is 0 Å². The van der Waals surface area contributed by atoms with Crippen LogP contribution in [-0.2, 0) is 6.54 Å². The molecular formula is C22H28ClN3O4. The predicted molar refractivity (Wildman–Crippen MR) is 116 cm³/mol. The van der Waals surface area contributed by atoms with Crippen molar-refractivity contribution in [2.75, 3.05) is 33.4 Å². The molecule has 4 rings (SSSR count). The van der Waals surface area contributed by atoms with Gasteiger partial charge in [-0.25, -0.2) is 0 Å². The molecule has 0 saturated carbocycles. The molecule has 1 aromatic heterocycles. The SMILES string of the molecule is COc1cc(C(=O)N(Cc2ccccn2)C2CCCNCC2)cc2c1OCCO2.Cl. The molecule has 0 radical (unpaired) electrons. The van der Waals surface area contributed by atoms with E-state index in [9.17, 15) is 4.79 Å². The zero-order valence-corrected chi connectivity index (χ0v) is 18.0. The van der Waals surface area contributed by atoms with E-state index >= 15 is 0 Å². The number of rotatable bonds is 5. The van der Waals surface area contributed by atoms with E-state index in [1.807, 2.05) is 23.1 Å². The molecule has 8 heteroatoms. The molecule has 1 fully saturated rings. The minimum Gasteiger partial charge on any atom is -0.493 e. The number of amides is 1. The Morgan fingerprint density at radius 1 is 1.23 bits per heavy atom. The number of methoxy groups -OCH3 is 1. The van der Waals surface area contributed by atoms with E-state index in [1.165, 1.54) is 0 Å². The second-order valence-corrected chi connectivity index (χ2v) is 7.29. The van der Waals surface area contributed by atoms with Gasteiger partial charge >= 0.3 is 0 Å². The maximum atomic E-state index is 13.6. The van der Waals surface area contributed by atoms with Gasteiger partial charge in [0.1, 0.15) is 13.2 Å². The molecule has 3 heterocycles. The van der Waals surface area contributed by atoms with Gasteiger partial charge in [-0.1, -0.05) is 6.07 Å². The Bertz CT molecular complexity index is 825. The van der Waals surface area contributed by atoms with Gasteiger partial charge in [-0.05, 0) is 56.6 Å². The molecule has 0 spiro atoms. The van der Waals surface area contributed by atoms with Crippen LogP contribution in [0.1, 0.15) is 35.3 Å². The van der Waals surface area contributed by atoms with Crippen LogP contribution in [-0.4, -0.2) is 55.2 Å². The van der Waals surface area contributed by atoms with Gasteiger partial charge in [0.05, 0.1) is 19.3 Å². The summed E-state index contributed by atoms with van der Waals surface area (Å²) in [7, 11) is 1.57. The molecule has 2 aliphatic rings. The number of pyridine rings is 1. The maximum absolute atomic E-state index is 13.6. The quantitative estimate of drug-likeness (QED) is 0.781. The molecule has 7 nitrogen and oxygen atoms in total. The highest BCUT2D eigenvalue weighted by molar-refractivity contribution is 5.96. The van der Waals surface area contributed by atoms with Crippen molar-refractivity contribution >= 4 is 18.3 Å². The Labute approximate surface area is 183 Å². The average molecular weight is 434 g/mol. The number of fused-ring (bicyclic) bond motifs is 1. The van der Waals surface area contributed by atoms with Crippen LogP contribution in [0.15, 0.2) is 36.5 Å². The second-order valence-electron chi connectivity index (χ2n) is 7.29. The first-order chi connectivity index (χ1) is 14.3. The maximum Gasteiger partial charge on any atom is 0.254 e. The summed E-state index contributed by atoms with van der Waals surface area (Å²) >= 11 is 0. The van der Waals surface area contributed by atoms with Crippen molar-refractivity contribution in [3.63, 3.8) is 0 Å². The van der Waals surface area contributed by atoms with Crippen molar-refractivity contribution in [2.45, 2.75) is 31.8 Å². The van der Waals surface area contributed by atoms with Gasteiger partial charge in [-0.3, -0.25) is 9.78 Å². The first kappa shape index (κ1) is 22.2. The topological polar surface area (TPSA) is 72.9 Å². The summed E-state index contributed by atoms with van der Waals surface area (Å²) < 4.78 is 16.9. The Hall–Kier alpha value is -2.51. The van der Waals surface area contributed by atoms with Crippen LogP contribution >= 0.6 is 12.4 Å². The highest BCUT2D eigenvalue weighted by atomic mass is 35.5. The van der Waals surface area contributed by atoms with Gasteiger partial charge in [0, 0.05) is 17.8 Å². The number of carbonyl (C=O) groups is 1. The minimum atomic E-state index is -0.0437. The summed E-state index contributed by atoms with van der Waals surface area (Å²) in [6, 6.07) is 9.46. The number of nitrogens with one attached hydrogen (secondary N) is 1. The minimum absolute atomic E-state index is 0. The number of aromatic nitrogens is 1. The summed E-state index contributed by atoms with van der Waals surface area (Å²) in [5.41, 5.74) is 1.42. The van der Waals surface area contributed by atoms with Crippen molar-refractivity contribution in [1.29, 1.82) is 0 Å². The molecule has 2 aliphatic heterocycles. The summed E-state index contributed by atoms with van der Waals surface area (Å²) in [6.07, 6.45) is 4.69. The van der Waals surface area contributed by atoms with Gasteiger partial charge in [0.25, 0.3) is 5.91 Å². The van der Waals surface area contributed by atoms with Gasteiger partial charge in [0.2, 0.25) is 5.75 Å². The van der Waals surface area contributed by atoms with E-state index in [2.05, 4.69) is 10.3 Å². The Balaban J connectivity index is 0.00000256. The van der Waals surface area contributed by atoms with Gasteiger partial charge in [-0.2, -0.15) is 0 Å². The summed E-state index contributed by atoms with van der Waals surface area (Å²) in [4.78, 5) is 20.0. The fourth-order valence-electron chi connectivity index (χ4n) is 3.91. The fraction of sp³-hybridized carbons (Fsp3) is 0.455. The van der Waals surface area contributed by atoms with Crippen LogP contribution in [0.4, 0.5) is 0 Å². The van der Waals surface area contributed by atoms with E-state index in [4.69, 9.17) is 14.2 Å². The Morgan fingerprint density at radius 2 is 2.10 bits per heavy atom. The van der Waals surface area contributed by atoms with Crippen LogP contribution in [0.5, 0.6) is 17.2 Å². The fourth-order valence-corrected chi connectivity index (χ4v) is 3.91. The lowest BCUT2D eigenvalue weighted by Crippen LogP contribution is -2.40. The van der Waals surface area contributed by atoms with E-state index in [0.717, 1.165) is 38.0 Å². The average Bonchev–Trinajstić information content (AvgIpc) is 3.06. The summed E-state index contributed by atoms with van der Waals surface area (Å²) in [5, 5.41) is 3.42. The van der Waals surface area contributed by atoms with Crippen LogP contribution < -0.4 is 19.5 Å². The van der Waals surface area contributed by atoms with E-state index < -0.39 is 0 Å². The van der Waals surface area contributed by atoms with Crippen molar-refractivity contribution in [2.24, 2.45) is 0 Å². The number of ether oxygens (including phenoxy) is 3. The molecule has 1 saturated heterocycles. The third-order valence-electron chi connectivity index (χ3n) is 5.38. The molecule has 0 bridgehead atoms. The molecular weight excluding hydrogens is 406 g/mol. The normalized spacial score (nSPS) is 18.0. The highest BCUT2D eigenvalue weighted by Crippen LogP contribution is 2.40. The first-order valence-corrected chi connectivity index (χ1v) is 10.2. The predicted octanol–water partition coefficient (Wildman–Crippen LogP) is 3.07. The van der Waals surface area contributed by atoms with Gasteiger partial charge in [-0.15, -0.1) is 12.4 Å². The zero-order valence-electron chi connectivity index (χ0n) is 17.1. The van der Waals surface area contributed by atoms with Crippen molar-refractivity contribution in [1.82, 2.24) is 15.2 Å². The molecule has 1 aromatic carbocycles. The van der Waals surface area contributed by atoms with E-state index in [0.29, 0.717) is 42.6 Å². The van der Waals surface area contributed by atoms with Crippen LogP contribution in [0, 0.1) is 0 Å². The molecule has 2 aromatic rings. The molecule has 1 unspecified atom stereocenters. The molecule has 0 aliphatic carbocycles. The van der Waals surface area contributed by atoms with E-state index in [1.54, 1.807) is 25.4 Å². The number of halogens is 1. The lowest BCUT2D eigenvalue weighted by molar-refractivity contribution is 0.0640. The Kier molecular flexibility index (Phi) is 7.76. The number of benzene rings is 1. The van der Waals surface area contributed by atoms with Gasteiger partial charge < -0.3 is 24.4 Å². The smallest absolute Gasteiger partial charge is 0.254 e. The summed E-state index contributed by atoms with van der Waals surface area (Å²) in [6.45, 7) is 3.29. The lowest BCUT2D eigenvalue weighted by atomic mass is 10.0. The Morgan fingerprint density at radius 3 is 2.90 bits per heavy atom. The number of nitrogens with zero attached hydrogens (tertiary/aromatic N) is 2. The second kappa shape index (κ2) is 10.5. The van der Waals surface area contributed by atoms with Crippen LogP contribution in [0.25, 0.3) is 0 Å². The number of hydrogen-bond donors (Lipinski definition) is 1. The number of hydrogen-bond acceptors (Lipinski definition) is 6. The zero-order chi connectivity index (χ0) is 20.1. The van der Waals surface area contributed by atoms with Crippen LogP contribution in [0.3, 0.4) is 0 Å². The van der Waals surface area contributed by atoms with Crippen molar-refractivity contribution in [3.05, 3.63) is 47.8 Å². The van der Waals surface area contributed by atoms with E-state index in [-0.39, 0.29) is 24.4 Å². The molecule has 1 atom stereocenters. The highest BCUT2D eigenvalue weighted by Gasteiger charge is 2.28. The molecule has 1 N–H and O–H groups in total. The van der Waals surface area contributed by atoms with Gasteiger partial charge in [0.15, 0.2) is 11.5 Å². The largest absolute Gasteiger partial charge is 0.493 e. The third kappa shape index (κ3) is 4.96. The monoisotopic (exact) mass is 433 g/mol. The molecule has 162 valence electrons. The number of carbonyl (C=O) groups excluding carboxylic acids is 1. The summed E-state index contributed by atoms with van der Waals surface area (Å²) in [5.74, 6) is 1.59. The first-order valence-electron chi connectivity index (χ1n) is 10.2. The molecule has 1 amide bonds. The van der Waals surface area contributed by atoms with Crippen molar-refractivity contribution < 1.29 is 19.0 Å². The van der Waals surface area contributed by atoms with Crippen molar-refractivity contribution in [3.8, 4) is 17.2 Å². The third-order valence-corrected chi connectivity index (χ3v) is 5.38. The molecule has 30 heavy (non-hydrogen) atoms. The standard InChI is InChI=1S/C22H27N3O4.ClH/c1-27-19-13-16(14-20-21(19)29-12-11-28-20)22(26)25(15-17-5-2-3-9-24-17)18-6-4-8-23-10-7-18;/h2-3,5,9,13-14,18,23H,4,6-8,10-12,15H2,1H3;1H.